The molecule has 3 rings (SSSR count). The summed E-state index contributed by atoms with van der Waals surface area (Å²) in [6.45, 7) is 0. The fraction of sp³-hybridized carbons (Fsp3) is 0.154. The van der Waals surface area contributed by atoms with Crippen LogP contribution in [0.15, 0.2) is 52.1 Å². The van der Waals surface area contributed by atoms with Crippen LogP contribution in [0, 0.1) is 0 Å². The Morgan fingerprint density at radius 1 is 1.24 bits per heavy atom. The molecule has 2 nitrogen and oxygen atoms in total. The van der Waals surface area contributed by atoms with E-state index in [0.29, 0.717) is 6.42 Å². The molecule has 1 aromatic carbocycles. The summed E-state index contributed by atoms with van der Waals surface area (Å²) >= 11 is 5.12. The number of carbonyl (C=O) groups excluding carboxylic acids is 1. The van der Waals surface area contributed by atoms with Crippen LogP contribution < -0.4 is 0 Å². The van der Waals surface area contributed by atoms with E-state index in [9.17, 15) is 4.79 Å². The maximum Gasteiger partial charge on any atom is 0.164 e. The zero-order valence-electron chi connectivity index (χ0n) is 9.15. The number of carbonyl (C=O) groups is 1. The van der Waals surface area contributed by atoms with Crippen LogP contribution in [-0.4, -0.2) is 16.5 Å². The van der Waals surface area contributed by atoms with E-state index < -0.39 is 0 Å². The molecule has 88 valence electrons. The lowest BCUT2D eigenvalue weighted by Gasteiger charge is -2.13. The van der Waals surface area contributed by atoms with Crippen molar-refractivity contribution in [2.24, 2.45) is 0 Å². The number of H-pyrrole nitrogens is 1. The highest BCUT2D eigenvalue weighted by Gasteiger charge is 2.16. The Morgan fingerprint density at radius 2 is 2.00 bits per heavy atom. The number of nitrogens with one attached hydrogen (secondary N) is 1. The molecule has 0 amide bonds. The maximum absolute atomic E-state index is 11.4. The molecule has 1 N–H and O–H groups in total. The number of Topliss-reactive ketones (excluding diaryl/α,β-unsaturated/α-hetero) is 1. The highest BCUT2D eigenvalue weighted by atomic mass is 79.9. The highest BCUT2D eigenvalue weighted by molar-refractivity contribution is 9.10. The Kier molecular flexibility index (Phi) is 4.45. The van der Waals surface area contributed by atoms with Crippen LogP contribution in [0.4, 0.5) is 0 Å². The second kappa shape index (κ2) is 6.07. The van der Waals surface area contributed by atoms with Gasteiger partial charge in [-0.1, -0.05) is 15.9 Å². The van der Waals surface area contributed by atoms with Gasteiger partial charge in [0, 0.05) is 39.5 Å². The Labute approximate surface area is 113 Å². The van der Waals surface area contributed by atoms with E-state index >= 15 is 0 Å². The zero-order chi connectivity index (χ0) is 12.1. The monoisotopic (exact) mass is 309 g/mol. The topological polar surface area (TPSA) is 32.9 Å². The fourth-order valence-corrected chi connectivity index (χ4v) is 2.87. The van der Waals surface area contributed by atoms with Gasteiger partial charge in [0.05, 0.1) is 0 Å². The SMILES string of the molecule is O=C1CCSc2ccc(Br)cc21.c1cc[nH]c1. The average molecular weight is 310 g/mol. The van der Waals surface area contributed by atoms with Crippen molar-refractivity contribution in [2.75, 3.05) is 5.75 Å². The minimum Gasteiger partial charge on any atom is -0.368 e. The summed E-state index contributed by atoms with van der Waals surface area (Å²) in [7, 11) is 0. The van der Waals surface area contributed by atoms with Gasteiger partial charge in [0.25, 0.3) is 0 Å². The molecule has 2 heterocycles. The van der Waals surface area contributed by atoms with Crippen molar-refractivity contribution in [1.29, 1.82) is 0 Å². The molecule has 17 heavy (non-hydrogen) atoms. The third kappa shape index (κ3) is 3.48. The number of ketones is 1. The van der Waals surface area contributed by atoms with Crippen LogP contribution in [0.1, 0.15) is 16.8 Å². The molecule has 0 bridgehead atoms. The minimum atomic E-state index is 0.269. The molecular weight excluding hydrogens is 298 g/mol. The van der Waals surface area contributed by atoms with Gasteiger partial charge >= 0.3 is 0 Å². The standard InChI is InChI=1S/C9H7BrOS.C4H5N/c10-6-1-2-9-7(5-6)8(11)3-4-12-9;1-2-4-5-3-1/h1-2,5H,3-4H2;1-5H. The first-order valence-electron chi connectivity index (χ1n) is 5.30. The van der Waals surface area contributed by atoms with E-state index in [1.807, 2.05) is 42.7 Å². The molecule has 1 aliphatic rings. The van der Waals surface area contributed by atoms with Crippen LogP contribution in [0.3, 0.4) is 0 Å². The van der Waals surface area contributed by atoms with Crippen LogP contribution in [0.5, 0.6) is 0 Å². The maximum atomic E-state index is 11.4. The molecule has 0 atom stereocenters. The predicted octanol–water partition coefficient (Wildman–Crippen LogP) is 4.14. The first-order valence-corrected chi connectivity index (χ1v) is 7.08. The van der Waals surface area contributed by atoms with Crippen LogP contribution in [0.2, 0.25) is 0 Å². The summed E-state index contributed by atoms with van der Waals surface area (Å²) in [4.78, 5) is 15.4. The first kappa shape index (κ1) is 12.5. The highest BCUT2D eigenvalue weighted by Crippen LogP contribution is 2.31. The van der Waals surface area contributed by atoms with Crippen LogP contribution in [0.25, 0.3) is 0 Å². The lowest BCUT2D eigenvalue weighted by Crippen LogP contribution is -2.07. The zero-order valence-corrected chi connectivity index (χ0v) is 11.6. The Balaban J connectivity index is 0.000000181. The summed E-state index contributed by atoms with van der Waals surface area (Å²) in [5.41, 5.74) is 0.876. The number of fused-ring (bicyclic) bond motifs is 1. The van der Waals surface area contributed by atoms with Crippen LogP contribution in [-0.2, 0) is 0 Å². The molecule has 1 aromatic heterocycles. The number of rotatable bonds is 0. The molecule has 0 radical (unpaired) electrons. The molecule has 1 aliphatic heterocycles. The second-order valence-electron chi connectivity index (χ2n) is 3.55. The lowest BCUT2D eigenvalue weighted by atomic mass is 10.1. The molecule has 0 fully saturated rings. The number of benzene rings is 1. The number of hydrogen-bond acceptors (Lipinski definition) is 2. The molecular formula is C13H12BrNOS. The minimum absolute atomic E-state index is 0.269. The number of aromatic amines is 1. The Bertz CT molecular complexity index is 479. The Hall–Kier alpha value is -1.00. The van der Waals surface area contributed by atoms with E-state index in [0.717, 1.165) is 20.7 Å². The van der Waals surface area contributed by atoms with Gasteiger partial charge in [0.1, 0.15) is 0 Å². The third-order valence-corrected chi connectivity index (χ3v) is 3.89. The number of thioether (sulfide) groups is 1. The average Bonchev–Trinajstić information content (AvgIpc) is 2.89. The molecule has 0 unspecified atom stereocenters. The van der Waals surface area contributed by atoms with Gasteiger partial charge in [0.15, 0.2) is 5.78 Å². The van der Waals surface area contributed by atoms with Gasteiger partial charge in [-0.3, -0.25) is 4.79 Å². The molecule has 0 aliphatic carbocycles. The van der Waals surface area contributed by atoms with Gasteiger partial charge in [-0.15, -0.1) is 11.8 Å². The van der Waals surface area contributed by atoms with E-state index in [-0.39, 0.29) is 5.78 Å². The molecule has 0 spiro atoms. The summed E-state index contributed by atoms with van der Waals surface area (Å²) in [5, 5.41) is 0. The van der Waals surface area contributed by atoms with Crippen molar-refractivity contribution in [2.45, 2.75) is 11.3 Å². The van der Waals surface area contributed by atoms with Crippen molar-refractivity contribution >= 4 is 33.5 Å². The van der Waals surface area contributed by atoms with Crippen molar-refractivity contribution in [3.63, 3.8) is 0 Å². The van der Waals surface area contributed by atoms with Gasteiger partial charge in [0.2, 0.25) is 0 Å². The van der Waals surface area contributed by atoms with Crippen molar-refractivity contribution < 1.29 is 4.79 Å². The summed E-state index contributed by atoms with van der Waals surface area (Å²) in [6, 6.07) is 9.77. The largest absolute Gasteiger partial charge is 0.368 e. The smallest absolute Gasteiger partial charge is 0.164 e. The predicted molar refractivity (Wildman–Crippen MR) is 74.6 cm³/mol. The molecule has 0 saturated carbocycles. The quantitative estimate of drug-likeness (QED) is 0.793. The van der Waals surface area contributed by atoms with E-state index in [1.165, 1.54) is 0 Å². The number of halogens is 1. The van der Waals surface area contributed by atoms with Crippen molar-refractivity contribution in [3.05, 3.63) is 52.8 Å². The fourth-order valence-electron chi connectivity index (χ4n) is 1.51. The Morgan fingerprint density at radius 3 is 2.65 bits per heavy atom. The van der Waals surface area contributed by atoms with Crippen molar-refractivity contribution in [1.82, 2.24) is 4.98 Å². The number of hydrogen-bond donors (Lipinski definition) is 1. The summed E-state index contributed by atoms with van der Waals surface area (Å²) in [6.07, 6.45) is 4.42. The first-order chi connectivity index (χ1) is 8.27. The third-order valence-electron chi connectivity index (χ3n) is 2.32. The van der Waals surface area contributed by atoms with Gasteiger partial charge in [-0.25, -0.2) is 0 Å². The van der Waals surface area contributed by atoms with E-state index in [4.69, 9.17) is 0 Å². The lowest BCUT2D eigenvalue weighted by molar-refractivity contribution is 0.0984. The summed E-state index contributed by atoms with van der Waals surface area (Å²) < 4.78 is 0.983. The van der Waals surface area contributed by atoms with Gasteiger partial charge < -0.3 is 4.98 Å². The van der Waals surface area contributed by atoms with E-state index in [2.05, 4.69) is 20.9 Å². The van der Waals surface area contributed by atoms with E-state index in [1.54, 1.807) is 11.8 Å². The van der Waals surface area contributed by atoms with Crippen molar-refractivity contribution in [3.8, 4) is 0 Å². The van der Waals surface area contributed by atoms with Crippen LogP contribution >= 0.6 is 27.7 Å². The molecule has 4 heteroatoms. The second-order valence-corrected chi connectivity index (χ2v) is 5.60. The molecule has 0 saturated heterocycles. The van der Waals surface area contributed by atoms with Gasteiger partial charge in [-0.2, -0.15) is 0 Å². The van der Waals surface area contributed by atoms with Gasteiger partial charge in [-0.05, 0) is 30.3 Å². The normalized spacial score (nSPS) is 13.6. The number of aromatic nitrogens is 1. The molecule has 2 aromatic rings. The summed E-state index contributed by atoms with van der Waals surface area (Å²) in [5.74, 6) is 1.19.